The number of hydrogen-bond donors (Lipinski definition) is 2. The summed E-state index contributed by atoms with van der Waals surface area (Å²) in [6.07, 6.45) is 1.43. The van der Waals surface area contributed by atoms with Crippen LogP contribution in [0.1, 0.15) is 29.9 Å². The molecule has 112 valence electrons. The van der Waals surface area contributed by atoms with E-state index in [9.17, 15) is 9.59 Å². The molecule has 0 spiro atoms. The Bertz CT molecular complexity index is 558. The van der Waals surface area contributed by atoms with Crippen LogP contribution in [0, 0.1) is 5.92 Å². The Kier molecular flexibility index (Phi) is 3.92. The first-order chi connectivity index (χ1) is 10.2. The van der Waals surface area contributed by atoms with Gasteiger partial charge in [-0.2, -0.15) is 0 Å². The molecule has 1 amide bonds. The molecule has 0 radical (unpaired) electrons. The highest BCUT2D eigenvalue weighted by Gasteiger charge is 2.34. The monoisotopic (exact) mass is 288 g/mol. The standard InChI is InChI=1S/C16H20N2O3/c19-15(18-7-3-5-12(10-18)16(20)21)14-9-17-8-11-4-1-2-6-13(11)14/h1-2,4,6,12,14,17H,3,5,7-10H2,(H,20,21)/t12-,14?/m0/s1. The van der Waals surface area contributed by atoms with Crippen molar-refractivity contribution in [1.82, 2.24) is 10.2 Å². The number of aliphatic carboxylic acids is 1. The van der Waals surface area contributed by atoms with Gasteiger partial charge in [0.25, 0.3) is 0 Å². The average molecular weight is 288 g/mol. The summed E-state index contributed by atoms with van der Waals surface area (Å²) in [6.45, 7) is 2.43. The summed E-state index contributed by atoms with van der Waals surface area (Å²) in [5.74, 6) is -1.35. The minimum atomic E-state index is -0.797. The van der Waals surface area contributed by atoms with Crippen LogP contribution in [0.2, 0.25) is 0 Å². The van der Waals surface area contributed by atoms with Gasteiger partial charge in [-0.1, -0.05) is 24.3 Å². The Morgan fingerprint density at radius 1 is 1.29 bits per heavy atom. The summed E-state index contributed by atoms with van der Waals surface area (Å²) < 4.78 is 0. The Labute approximate surface area is 123 Å². The van der Waals surface area contributed by atoms with Crippen LogP contribution >= 0.6 is 0 Å². The van der Waals surface area contributed by atoms with E-state index in [1.165, 1.54) is 0 Å². The third-order valence-corrected chi connectivity index (χ3v) is 4.47. The van der Waals surface area contributed by atoms with Crippen LogP contribution in [0.25, 0.3) is 0 Å². The Balaban J connectivity index is 1.78. The SMILES string of the molecule is O=C(O)[C@H]1CCCN(C(=O)C2CNCc3ccccc32)C1. The number of piperidine rings is 1. The van der Waals surface area contributed by atoms with Gasteiger partial charge in [0.2, 0.25) is 5.91 Å². The molecule has 2 N–H and O–H groups in total. The highest BCUT2D eigenvalue weighted by atomic mass is 16.4. The second-order valence-corrected chi connectivity index (χ2v) is 5.84. The number of carbonyl (C=O) groups is 2. The topological polar surface area (TPSA) is 69.6 Å². The van der Waals surface area contributed by atoms with Crippen molar-refractivity contribution < 1.29 is 14.7 Å². The molecular formula is C16H20N2O3. The summed E-state index contributed by atoms with van der Waals surface area (Å²) in [6, 6.07) is 7.99. The van der Waals surface area contributed by atoms with E-state index in [-0.39, 0.29) is 11.8 Å². The van der Waals surface area contributed by atoms with E-state index in [4.69, 9.17) is 5.11 Å². The fraction of sp³-hybridized carbons (Fsp3) is 0.500. The average Bonchev–Trinajstić information content (AvgIpc) is 2.53. The lowest BCUT2D eigenvalue weighted by atomic mass is 9.88. The number of rotatable bonds is 2. The first-order valence-corrected chi connectivity index (χ1v) is 7.47. The summed E-state index contributed by atoms with van der Waals surface area (Å²) in [4.78, 5) is 25.7. The smallest absolute Gasteiger partial charge is 0.308 e. The fourth-order valence-electron chi connectivity index (χ4n) is 3.32. The van der Waals surface area contributed by atoms with E-state index < -0.39 is 11.9 Å². The van der Waals surface area contributed by atoms with Gasteiger partial charge in [-0.25, -0.2) is 0 Å². The normalized spacial score (nSPS) is 25.2. The van der Waals surface area contributed by atoms with Gasteiger partial charge in [0.15, 0.2) is 0 Å². The highest BCUT2D eigenvalue weighted by Crippen LogP contribution is 2.27. The summed E-state index contributed by atoms with van der Waals surface area (Å²) in [7, 11) is 0. The van der Waals surface area contributed by atoms with E-state index >= 15 is 0 Å². The van der Waals surface area contributed by atoms with Crippen LogP contribution in [0.15, 0.2) is 24.3 Å². The van der Waals surface area contributed by atoms with Gasteiger partial charge in [0.05, 0.1) is 11.8 Å². The molecule has 0 saturated carbocycles. The van der Waals surface area contributed by atoms with E-state index in [1.807, 2.05) is 24.3 Å². The predicted molar refractivity (Wildman–Crippen MR) is 77.8 cm³/mol. The van der Waals surface area contributed by atoms with Gasteiger partial charge < -0.3 is 15.3 Å². The van der Waals surface area contributed by atoms with Crippen molar-refractivity contribution >= 4 is 11.9 Å². The first kappa shape index (κ1) is 14.1. The maximum absolute atomic E-state index is 12.8. The minimum absolute atomic E-state index is 0.0561. The second kappa shape index (κ2) is 5.85. The third kappa shape index (κ3) is 2.78. The van der Waals surface area contributed by atoms with E-state index in [2.05, 4.69) is 5.32 Å². The quantitative estimate of drug-likeness (QED) is 0.858. The largest absolute Gasteiger partial charge is 0.481 e. The van der Waals surface area contributed by atoms with Crippen LogP contribution in [0.4, 0.5) is 0 Å². The lowest BCUT2D eigenvalue weighted by Crippen LogP contribution is -2.47. The van der Waals surface area contributed by atoms with Gasteiger partial charge in [0, 0.05) is 26.2 Å². The number of amides is 1. The van der Waals surface area contributed by atoms with Crippen molar-refractivity contribution in [3.8, 4) is 0 Å². The lowest BCUT2D eigenvalue weighted by molar-refractivity contribution is -0.146. The Morgan fingerprint density at radius 3 is 2.90 bits per heavy atom. The number of hydrogen-bond acceptors (Lipinski definition) is 3. The van der Waals surface area contributed by atoms with E-state index in [0.717, 1.165) is 24.1 Å². The zero-order valence-corrected chi connectivity index (χ0v) is 11.9. The second-order valence-electron chi connectivity index (χ2n) is 5.84. The van der Waals surface area contributed by atoms with Crippen LogP contribution in [0.5, 0.6) is 0 Å². The van der Waals surface area contributed by atoms with Crippen molar-refractivity contribution in [1.29, 1.82) is 0 Å². The maximum Gasteiger partial charge on any atom is 0.308 e. The van der Waals surface area contributed by atoms with Crippen molar-refractivity contribution in [2.75, 3.05) is 19.6 Å². The molecule has 0 aromatic heterocycles. The highest BCUT2D eigenvalue weighted by molar-refractivity contribution is 5.85. The number of nitrogens with zero attached hydrogens (tertiary/aromatic N) is 1. The van der Waals surface area contributed by atoms with Gasteiger partial charge in [0.1, 0.15) is 0 Å². The molecule has 5 heteroatoms. The number of carboxylic acids is 1. The predicted octanol–water partition coefficient (Wildman–Crippen LogP) is 1.20. The molecule has 21 heavy (non-hydrogen) atoms. The zero-order valence-electron chi connectivity index (χ0n) is 11.9. The van der Waals surface area contributed by atoms with Crippen LogP contribution in [-0.4, -0.2) is 41.5 Å². The van der Waals surface area contributed by atoms with Gasteiger partial charge in [-0.3, -0.25) is 9.59 Å². The molecule has 2 heterocycles. The lowest BCUT2D eigenvalue weighted by Gasteiger charge is -2.35. The molecule has 1 unspecified atom stereocenters. The Hall–Kier alpha value is -1.88. The van der Waals surface area contributed by atoms with Gasteiger partial charge in [-0.15, -0.1) is 0 Å². The van der Waals surface area contributed by atoms with Gasteiger partial charge in [-0.05, 0) is 24.0 Å². The first-order valence-electron chi connectivity index (χ1n) is 7.47. The van der Waals surface area contributed by atoms with Crippen LogP contribution in [-0.2, 0) is 16.1 Å². The third-order valence-electron chi connectivity index (χ3n) is 4.47. The van der Waals surface area contributed by atoms with Crippen LogP contribution in [0.3, 0.4) is 0 Å². The summed E-state index contributed by atoms with van der Waals surface area (Å²) in [5.41, 5.74) is 2.24. The summed E-state index contributed by atoms with van der Waals surface area (Å²) >= 11 is 0. The number of fused-ring (bicyclic) bond motifs is 1. The van der Waals surface area contributed by atoms with Gasteiger partial charge >= 0.3 is 5.97 Å². The number of likely N-dealkylation sites (tertiary alicyclic amines) is 1. The molecule has 0 bridgehead atoms. The molecule has 2 atom stereocenters. The molecule has 1 fully saturated rings. The molecule has 5 nitrogen and oxygen atoms in total. The van der Waals surface area contributed by atoms with E-state index in [1.54, 1.807) is 4.90 Å². The molecule has 3 rings (SSSR count). The van der Waals surface area contributed by atoms with E-state index in [0.29, 0.717) is 26.1 Å². The van der Waals surface area contributed by atoms with Crippen LogP contribution < -0.4 is 5.32 Å². The number of nitrogens with one attached hydrogen (secondary N) is 1. The molecule has 1 aromatic rings. The number of carbonyl (C=O) groups excluding carboxylic acids is 1. The maximum atomic E-state index is 12.8. The van der Waals surface area contributed by atoms with Crippen molar-refractivity contribution in [2.24, 2.45) is 5.92 Å². The number of carboxylic acid groups (broad SMARTS) is 1. The number of benzene rings is 1. The summed E-state index contributed by atoms with van der Waals surface area (Å²) in [5, 5.41) is 12.4. The molecule has 2 aliphatic heterocycles. The molecule has 1 saturated heterocycles. The molecule has 1 aromatic carbocycles. The molecule has 2 aliphatic rings. The Morgan fingerprint density at radius 2 is 2.10 bits per heavy atom. The van der Waals surface area contributed by atoms with Crippen molar-refractivity contribution in [3.63, 3.8) is 0 Å². The van der Waals surface area contributed by atoms with Crippen molar-refractivity contribution in [3.05, 3.63) is 35.4 Å². The minimum Gasteiger partial charge on any atom is -0.481 e. The molecular weight excluding hydrogens is 268 g/mol. The van der Waals surface area contributed by atoms with Crippen molar-refractivity contribution in [2.45, 2.75) is 25.3 Å². The fourth-order valence-corrected chi connectivity index (χ4v) is 3.32. The zero-order chi connectivity index (χ0) is 14.8. The molecule has 0 aliphatic carbocycles.